The summed E-state index contributed by atoms with van der Waals surface area (Å²) in [5, 5.41) is 17.6. The first-order valence-electron chi connectivity index (χ1n) is 6.47. The molecule has 1 N–H and O–H groups in total. The predicted molar refractivity (Wildman–Crippen MR) is 79.0 cm³/mol. The number of pyridine rings is 1. The van der Waals surface area contributed by atoms with Gasteiger partial charge in [-0.25, -0.2) is 4.79 Å². The summed E-state index contributed by atoms with van der Waals surface area (Å²) >= 11 is 0. The molecule has 22 heavy (non-hydrogen) atoms. The molecule has 5 heteroatoms. The maximum Gasteiger partial charge on any atom is 0.371 e. The van der Waals surface area contributed by atoms with Crippen LogP contribution in [0.3, 0.4) is 0 Å². The molecule has 1 aromatic carbocycles. The average molecular weight is 290 g/mol. The van der Waals surface area contributed by atoms with Crippen molar-refractivity contribution in [1.82, 2.24) is 4.98 Å². The summed E-state index contributed by atoms with van der Waals surface area (Å²) in [6, 6.07) is 15.9. The lowest BCUT2D eigenvalue weighted by Crippen LogP contribution is -1.91. The fourth-order valence-electron chi connectivity index (χ4n) is 2.04. The number of benzene rings is 1. The van der Waals surface area contributed by atoms with Gasteiger partial charge >= 0.3 is 5.97 Å². The van der Waals surface area contributed by atoms with Crippen LogP contribution in [0.1, 0.15) is 16.1 Å². The Morgan fingerprint density at radius 3 is 2.32 bits per heavy atom. The number of carboxylic acid groups (broad SMARTS) is 1. The zero-order valence-corrected chi connectivity index (χ0v) is 11.4. The molecule has 2 aromatic heterocycles. The van der Waals surface area contributed by atoms with Gasteiger partial charge in [0, 0.05) is 11.8 Å². The van der Waals surface area contributed by atoms with E-state index < -0.39 is 5.97 Å². The number of hydrogen-bond donors (Lipinski definition) is 1. The monoisotopic (exact) mass is 290 g/mol. The molecule has 5 nitrogen and oxygen atoms in total. The van der Waals surface area contributed by atoms with Crippen molar-refractivity contribution in [3.05, 3.63) is 66.1 Å². The van der Waals surface area contributed by atoms with E-state index in [2.05, 4.69) is 11.1 Å². The molecule has 0 saturated carbocycles. The lowest BCUT2D eigenvalue weighted by molar-refractivity contribution is 0.0663. The van der Waals surface area contributed by atoms with E-state index in [1.54, 1.807) is 30.5 Å². The largest absolute Gasteiger partial charge is 0.475 e. The van der Waals surface area contributed by atoms with Crippen LogP contribution in [-0.2, 0) is 0 Å². The number of aromatic carboxylic acids is 1. The zero-order chi connectivity index (χ0) is 15.5. The predicted octanol–water partition coefficient (Wildman–Crippen LogP) is 3.58. The molecule has 0 bridgehead atoms. The molecule has 0 saturated heterocycles. The Morgan fingerprint density at radius 1 is 1.05 bits per heavy atom. The second-order valence-electron chi connectivity index (χ2n) is 4.59. The lowest BCUT2D eigenvalue weighted by atomic mass is 10.1. The van der Waals surface area contributed by atoms with Crippen molar-refractivity contribution >= 4 is 5.97 Å². The van der Waals surface area contributed by atoms with E-state index in [1.165, 1.54) is 6.07 Å². The first-order chi connectivity index (χ1) is 10.7. The molecule has 0 atom stereocenters. The van der Waals surface area contributed by atoms with E-state index in [1.807, 2.05) is 18.2 Å². The van der Waals surface area contributed by atoms with Gasteiger partial charge in [0.2, 0.25) is 5.76 Å². The quantitative estimate of drug-likeness (QED) is 0.796. The highest BCUT2D eigenvalue weighted by atomic mass is 16.4. The molecule has 0 aliphatic carbocycles. The summed E-state index contributed by atoms with van der Waals surface area (Å²) in [7, 11) is 0. The number of aromatic nitrogens is 1. The Hall–Kier alpha value is -3.39. The van der Waals surface area contributed by atoms with Crippen LogP contribution >= 0.6 is 0 Å². The van der Waals surface area contributed by atoms with Crippen LogP contribution in [0.2, 0.25) is 0 Å². The molecular weight excluding hydrogens is 280 g/mol. The molecule has 0 aliphatic rings. The van der Waals surface area contributed by atoms with E-state index in [0.717, 1.165) is 11.1 Å². The van der Waals surface area contributed by atoms with Crippen molar-refractivity contribution in [3.8, 4) is 28.7 Å². The maximum atomic E-state index is 10.8. The highest BCUT2D eigenvalue weighted by Crippen LogP contribution is 2.24. The molecule has 0 radical (unpaired) electrons. The van der Waals surface area contributed by atoms with Crippen molar-refractivity contribution in [2.24, 2.45) is 0 Å². The number of carbonyl (C=O) groups is 1. The highest BCUT2D eigenvalue weighted by Gasteiger charge is 2.11. The van der Waals surface area contributed by atoms with Crippen LogP contribution in [0, 0.1) is 11.3 Å². The molecule has 0 amide bonds. The van der Waals surface area contributed by atoms with Gasteiger partial charge in [-0.15, -0.1) is 0 Å². The van der Waals surface area contributed by atoms with Crippen LogP contribution in [0.15, 0.2) is 59.1 Å². The molecule has 3 aromatic rings. The van der Waals surface area contributed by atoms with Gasteiger partial charge in [-0.1, -0.05) is 18.2 Å². The van der Waals surface area contributed by atoms with E-state index >= 15 is 0 Å². The topological polar surface area (TPSA) is 87.1 Å². The van der Waals surface area contributed by atoms with Crippen LogP contribution in [0.25, 0.3) is 22.6 Å². The Kier molecular flexibility index (Phi) is 3.42. The second-order valence-corrected chi connectivity index (χ2v) is 4.59. The summed E-state index contributed by atoms with van der Waals surface area (Å²) < 4.78 is 5.21. The van der Waals surface area contributed by atoms with Crippen molar-refractivity contribution in [2.45, 2.75) is 0 Å². The van der Waals surface area contributed by atoms with E-state index in [0.29, 0.717) is 17.0 Å². The van der Waals surface area contributed by atoms with Gasteiger partial charge in [-0.05, 0) is 35.9 Å². The molecule has 2 heterocycles. The molecular formula is C17H10N2O3. The minimum Gasteiger partial charge on any atom is -0.475 e. The summed E-state index contributed by atoms with van der Waals surface area (Å²) in [5.74, 6) is -0.822. The van der Waals surface area contributed by atoms with E-state index in [9.17, 15) is 4.79 Å². The Labute approximate surface area is 126 Å². The molecule has 0 spiro atoms. The van der Waals surface area contributed by atoms with Gasteiger partial charge in [0.05, 0.1) is 11.6 Å². The number of furan rings is 1. The van der Waals surface area contributed by atoms with Gasteiger partial charge in [-0.2, -0.15) is 5.26 Å². The number of rotatable bonds is 3. The average Bonchev–Trinajstić information content (AvgIpc) is 3.05. The third-order valence-corrected chi connectivity index (χ3v) is 3.18. The molecule has 106 valence electrons. The summed E-state index contributed by atoms with van der Waals surface area (Å²) in [4.78, 5) is 15.1. The first-order valence-corrected chi connectivity index (χ1v) is 6.47. The standard InChI is InChI=1S/C17H10N2O3/c18-9-11-1-3-12(4-2-11)13-5-6-14(19-10-13)15-7-8-16(22-15)17(20)21/h1-8,10H,(H,20,21). The Morgan fingerprint density at radius 2 is 1.77 bits per heavy atom. The third kappa shape index (κ3) is 2.58. The van der Waals surface area contributed by atoms with Gasteiger partial charge in [0.15, 0.2) is 5.76 Å². The van der Waals surface area contributed by atoms with Crippen molar-refractivity contribution < 1.29 is 14.3 Å². The second kappa shape index (κ2) is 5.54. The molecule has 0 fully saturated rings. The van der Waals surface area contributed by atoms with E-state index in [-0.39, 0.29) is 5.76 Å². The molecule has 3 rings (SSSR count). The Balaban J connectivity index is 1.88. The normalized spacial score (nSPS) is 10.1. The zero-order valence-electron chi connectivity index (χ0n) is 11.4. The minimum absolute atomic E-state index is 0.118. The first kappa shape index (κ1) is 13.6. The summed E-state index contributed by atoms with van der Waals surface area (Å²) in [6.07, 6.45) is 1.68. The van der Waals surface area contributed by atoms with Crippen LogP contribution in [0.4, 0.5) is 0 Å². The van der Waals surface area contributed by atoms with E-state index in [4.69, 9.17) is 14.8 Å². The van der Waals surface area contributed by atoms with Crippen LogP contribution in [-0.4, -0.2) is 16.1 Å². The summed E-state index contributed by atoms with van der Waals surface area (Å²) in [5.41, 5.74) is 3.01. The lowest BCUT2D eigenvalue weighted by Gasteiger charge is -2.02. The molecule has 0 aliphatic heterocycles. The number of carboxylic acids is 1. The third-order valence-electron chi connectivity index (χ3n) is 3.18. The van der Waals surface area contributed by atoms with Crippen LogP contribution in [0.5, 0.6) is 0 Å². The smallest absolute Gasteiger partial charge is 0.371 e. The van der Waals surface area contributed by atoms with Crippen molar-refractivity contribution in [3.63, 3.8) is 0 Å². The fourth-order valence-corrected chi connectivity index (χ4v) is 2.04. The number of nitriles is 1. The Bertz CT molecular complexity index is 856. The maximum absolute atomic E-state index is 10.8. The van der Waals surface area contributed by atoms with Crippen molar-refractivity contribution in [2.75, 3.05) is 0 Å². The van der Waals surface area contributed by atoms with Gasteiger partial charge < -0.3 is 9.52 Å². The molecule has 0 unspecified atom stereocenters. The fraction of sp³-hybridized carbons (Fsp3) is 0. The minimum atomic E-state index is -1.11. The van der Waals surface area contributed by atoms with Gasteiger partial charge in [0.1, 0.15) is 5.69 Å². The van der Waals surface area contributed by atoms with Gasteiger partial charge in [0.25, 0.3) is 0 Å². The number of nitrogens with zero attached hydrogens (tertiary/aromatic N) is 2. The van der Waals surface area contributed by atoms with Crippen LogP contribution < -0.4 is 0 Å². The SMILES string of the molecule is N#Cc1ccc(-c2ccc(-c3ccc(C(=O)O)o3)nc2)cc1. The summed E-state index contributed by atoms with van der Waals surface area (Å²) in [6.45, 7) is 0. The number of hydrogen-bond acceptors (Lipinski definition) is 4. The highest BCUT2D eigenvalue weighted by molar-refractivity contribution is 5.85. The van der Waals surface area contributed by atoms with Crippen molar-refractivity contribution in [1.29, 1.82) is 5.26 Å². The van der Waals surface area contributed by atoms with Gasteiger partial charge in [-0.3, -0.25) is 4.98 Å².